The molecule has 5 nitrogen and oxygen atoms in total. The minimum absolute atomic E-state index is 0.0513. The molecule has 0 spiro atoms. The van der Waals surface area contributed by atoms with Crippen molar-refractivity contribution in [2.45, 2.75) is 13.8 Å². The summed E-state index contributed by atoms with van der Waals surface area (Å²) in [7, 11) is 0. The number of anilines is 1. The van der Waals surface area contributed by atoms with Crippen molar-refractivity contribution in [2.75, 3.05) is 11.2 Å². The predicted octanol–water partition coefficient (Wildman–Crippen LogP) is 2.94. The molecule has 98 valence electrons. The predicted molar refractivity (Wildman–Crippen MR) is 66.2 cm³/mol. The summed E-state index contributed by atoms with van der Waals surface area (Å²) in [6, 6.07) is 2.94. The molecular formula is C11H12ClFN2O3. The quantitative estimate of drug-likeness (QED) is 0.521. The molecule has 0 heterocycles. The van der Waals surface area contributed by atoms with Gasteiger partial charge in [0.15, 0.2) is 0 Å². The summed E-state index contributed by atoms with van der Waals surface area (Å²) < 4.78 is 12.9. The van der Waals surface area contributed by atoms with E-state index in [1.165, 1.54) is 0 Å². The van der Waals surface area contributed by atoms with Crippen molar-refractivity contribution in [3.63, 3.8) is 0 Å². The summed E-state index contributed by atoms with van der Waals surface area (Å²) in [6.45, 7) is 3.20. The Bertz CT molecular complexity index is 491. The van der Waals surface area contributed by atoms with Crippen molar-refractivity contribution in [1.82, 2.24) is 0 Å². The average molecular weight is 275 g/mol. The molecule has 1 amide bonds. The highest BCUT2D eigenvalue weighted by atomic mass is 35.5. The van der Waals surface area contributed by atoms with Gasteiger partial charge in [-0.2, -0.15) is 0 Å². The Morgan fingerprint density at radius 2 is 2.17 bits per heavy atom. The van der Waals surface area contributed by atoms with Crippen molar-refractivity contribution in [2.24, 2.45) is 5.41 Å². The SMILES string of the molecule is CC(C)(CCl)C(=O)Nc1ccc(F)cc1[N+](=O)[O-]. The Hall–Kier alpha value is -1.69. The van der Waals surface area contributed by atoms with E-state index in [1.54, 1.807) is 13.8 Å². The van der Waals surface area contributed by atoms with Gasteiger partial charge in [-0.25, -0.2) is 4.39 Å². The van der Waals surface area contributed by atoms with Crippen molar-refractivity contribution in [3.8, 4) is 0 Å². The lowest BCUT2D eigenvalue weighted by Gasteiger charge is -2.20. The molecule has 0 aliphatic carbocycles. The van der Waals surface area contributed by atoms with Gasteiger partial charge in [0, 0.05) is 5.88 Å². The van der Waals surface area contributed by atoms with Crippen LogP contribution in [-0.4, -0.2) is 16.7 Å². The molecule has 18 heavy (non-hydrogen) atoms. The van der Waals surface area contributed by atoms with Crippen molar-refractivity contribution in [1.29, 1.82) is 0 Å². The number of rotatable bonds is 4. The van der Waals surface area contributed by atoms with E-state index in [1.807, 2.05) is 0 Å². The number of carbonyl (C=O) groups is 1. The molecule has 1 aromatic carbocycles. The standard InChI is InChI=1S/C11H12ClFN2O3/c1-11(2,6-12)10(16)14-8-4-3-7(13)5-9(8)15(17)18/h3-5H,6H2,1-2H3,(H,14,16). The average Bonchev–Trinajstić information content (AvgIpc) is 2.31. The number of alkyl halides is 1. The van der Waals surface area contributed by atoms with Gasteiger partial charge in [-0.05, 0) is 26.0 Å². The molecule has 0 aliphatic heterocycles. The van der Waals surface area contributed by atoms with Crippen LogP contribution in [0.5, 0.6) is 0 Å². The molecule has 1 aromatic rings. The summed E-state index contributed by atoms with van der Waals surface area (Å²) in [5.41, 5.74) is -1.41. The van der Waals surface area contributed by atoms with E-state index < -0.39 is 27.8 Å². The molecule has 0 bridgehead atoms. The number of amides is 1. The zero-order valence-corrected chi connectivity index (χ0v) is 10.6. The van der Waals surface area contributed by atoms with Crippen LogP contribution < -0.4 is 5.32 Å². The zero-order chi connectivity index (χ0) is 13.9. The summed E-state index contributed by atoms with van der Waals surface area (Å²) in [5, 5.41) is 13.1. The van der Waals surface area contributed by atoms with Gasteiger partial charge in [0.05, 0.1) is 16.4 Å². The fourth-order valence-electron chi connectivity index (χ4n) is 1.11. The Morgan fingerprint density at radius 3 is 2.67 bits per heavy atom. The highest BCUT2D eigenvalue weighted by molar-refractivity contribution is 6.20. The lowest BCUT2D eigenvalue weighted by atomic mass is 9.95. The van der Waals surface area contributed by atoms with E-state index in [0.29, 0.717) is 0 Å². The molecule has 7 heteroatoms. The van der Waals surface area contributed by atoms with Crippen molar-refractivity contribution < 1.29 is 14.1 Å². The van der Waals surface area contributed by atoms with Crippen LogP contribution in [0.4, 0.5) is 15.8 Å². The van der Waals surface area contributed by atoms with Crippen LogP contribution in [0.25, 0.3) is 0 Å². The van der Waals surface area contributed by atoms with E-state index in [9.17, 15) is 19.3 Å². The van der Waals surface area contributed by atoms with Crippen molar-refractivity contribution >= 4 is 28.9 Å². The lowest BCUT2D eigenvalue weighted by molar-refractivity contribution is -0.384. The first kappa shape index (κ1) is 14.4. The monoisotopic (exact) mass is 274 g/mol. The molecule has 0 atom stereocenters. The third-order valence-corrected chi connectivity index (χ3v) is 3.02. The molecule has 0 saturated heterocycles. The zero-order valence-electron chi connectivity index (χ0n) is 9.87. The molecule has 0 aromatic heterocycles. The number of hydrogen-bond acceptors (Lipinski definition) is 3. The van der Waals surface area contributed by atoms with E-state index in [0.717, 1.165) is 18.2 Å². The van der Waals surface area contributed by atoms with Gasteiger partial charge in [-0.1, -0.05) is 0 Å². The Kier molecular flexibility index (Phi) is 4.24. The molecule has 0 aliphatic rings. The van der Waals surface area contributed by atoms with E-state index in [-0.39, 0.29) is 11.6 Å². The fraction of sp³-hybridized carbons (Fsp3) is 0.364. The summed E-state index contributed by atoms with van der Waals surface area (Å²) in [5.74, 6) is -1.14. The topological polar surface area (TPSA) is 72.2 Å². The second-order valence-electron chi connectivity index (χ2n) is 4.39. The number of nitro benzene ring substituents is 1. The van der Waals surface area contributed by atoms with Gasteiger partial charge in [-0.3, -0.25) is 14.9 Å². The van der Waals surface area contributed by atoms with Gasteiger partial charge in [0.1, 0.15) is 11.5 Å². The highest BCUT2D eigenvalue weighted by Gasteiger charge is 2.28. The van der Waals surface area contributed by atoms with Crippen molar-refractivity contribution in [3.05, 3.63) is 34.1 Å². The minimum atomic E-state index is -0.871. The van der Waals surface area contributed by atoms with Crippen LogP contribution in [-0.2, 0) is 4.79 Å². The number of nitro groups is 1. The van der Waals surface area contributed by atoms with Gasteiger partial charge in [0.25, 0.3) is 5.69 Å². The van der Waals surface area contributed by atoms with E-state index in [4.69, 9.17) is 11.6 Å². The fourth-order valence-corrected chi connectivity index (χ4v) is 1.24. The second kappa shape index (κ2) is 5.30. The normalized spacial score (nSPS) is 11.1. The molecule has 1 N–H and O–H groups in total. The first-order valence-corrected chi connectivity index (χ1v) is 5.63. The van der Waals surface area contributed by atoms with Crippen LogP contribution >= 0.6 is 11.6 Å². The Morgan fingerprint density at radius 1 is 1.56 bits per heavy atom. The number of hydrogen-bond donors (Lipinski definition) is 1. The van der Waals surface area contributed by atoms with Gasteiger partial charge < -0.3 is 5.32 Å². The number of nitrogens with zero attached hydrogens (tertiary/aromatic N) is 1. The Balaban J connectivity index is 3.05. The number of benzene rings is 1. The van der Waals surface area contributed by atoms with Gasteiger partial charge in [0.2, 0.25) is 5.91 Å². The molecular weight excluding hydrogens is 263 g/mol. The minimum Gasteiger partial charge on any atom is -0.320 e. The Labute approximate surface area is 108 Å². The van der Waals surface area contributed by atoms with E-state index in [2.05, 4.69) is 5.32 Å². The van der Waals surface area contributed by atoms with Crippen LogP contribution in [0.3, 0.4) is 0 Å². The van der Waals surface area contributed by atoms with Gasteiger partial charge in [-0.15, -0.1) is 11.6 Å². The van der Waals surface area contributed by atoms with E-state index >= 15 is 0 Å². The maximum atomic E-state index is 12.9. The third-order valence-electron chi connectivity index (χ3n) is 2.35. The number of halogens is 2. The largest absolute Gasteiger partial charge is 0.320 e. The molecule has 0 saturated carbocycles. The number of carbonyl (C=O) groups excluding carboxylic acids is 1. The first-order chi connectivity index (χ1) is 8.27. The summed E-state index contributed by atoms with van der Waals surface area (Å²) in [4.78, 5) is 21.8. The van der Waals surface area contributed by atoms with Crippen LogP contribution in [0.1, 0.15) is 13.8 Å². The van der Waals surface area contributed by atoms with Gasteiger partial charge >= 0.3 is 0 Å². The second-order valence-corrected chi connectivity index (χ2v) is 4.66. The molecule has 0 unspecified atom stereocenters. The lowest BCUT2D eigenvalue weighted by Crippen LogP contribution is -2.32. The first-order valence-electron chi connectivity index (χ1n) is 5.09. The van der Waals surface area contributed by atoms with Crippen LogP contribution in [0.15, 0.2) is 18.2 Å². The summed E-state index contributed by atoms with van der Waals surface area (Å²) in [6.07, 6.45) is 0. The van der Waals surface area contributed by atoms with Crippen LogP contribution in [0, 0.1) is 21.3 Å². The molecule has 1 rings (SSSR count). The third kappa shape index (κ3) is 3.16. The smallest absolute Gasteiger partial charge is 0.295 e. The molecule has 0 radical (unpaired) electrons. The maximum Gasteiger partial charge on any atom is 0.295 e. The number of nitrogens with one attached hydrogen (secondary N) is 1. The maximum absolute atomic E-state index is 12.9. The highest BCUT2D eigenvalue weighted by Crippen LogP contribution is 2.27. The molecule has 0 fully saturated rings. The summed E-state index contributed by atoms with van der Waals surface area (Å²) >= 11 is 5.63. The van der Waals surface area contributed by atoms with Crippen LogP contribution in [0.2, 0.25) is 0 Å².